The lowest BCUT2D eigenvalue weighted by atomic mass is 9.78. The van der Waals surface area contributed by atoms with Gasteiger partial charge in [-0.15, -0.1) is 0 Å². The molecule has 3 N–H and O–H groups in total. The lowest BCUT2D eigenvalue weighted by molar-refractivity contribution is -0.385. The summed E-state index contributed by atoms with van der Waals surface area (Å²) in [5.41, 5.74) is 10.3. The fraction of sp³-hybridized carbons (Fsp3) is 0.211. The zero-order valence-electron chi connectivity index (χ0n) is 47.9. The normalized spacial score (nSPS) is 12.2. The number of carbonyl (C=O) groups excluding carboxylic acids is 4. The number of aromatic nitrogens is 2. The van der Waals surface area contributed by atoms with Crippen molar-refractivity contribution < 1.29 is 77.0 Å². The second kappa shape index (κ2) is 31.1. The van der Waals surface area contributed by atoms with E-state index >= 15 is 0 Å². The monoisotopic (exact) mass is 1420 g/mol. The van der Waals surface area contributed by atoms with Crippen molar-refractivity contribution in [1.82, 2.24) is 9.97 Å². The number of esters is 4. The summed E-state index contributed by atoms with van der Waals surface area (Å²) in [7, 11) is 4.23. The predicted molar refractivity (Wildman–Crippen MR) is 333 cm³/mol. The number of anilines is 1. The number of benzene rings is 5. The molecular weight excluding hydrogens is 1370 g/mol. The van der Waals surface area contributed by atoms with Crippen LogP contribution in [-0.4, -0.2) is 111 Å². The number of nitrogens with two attached hydrogens (primary N) is 1. The average molecular weight is 1420 g/mol. The maximum Gasteiger partial charge on any atom is 0.495 e. The summed E-state index contributed by atoms with van der Waals surface area (Å²) < 4.78 is 31.2. The molecule has 5 aromatic carbocycles. The summed E-state index contributed by atoms with van der Waals surface area (Å²) in [4.78, 5) is 105. The van der Waals surface area contributed by atoms with Gasteiger partial charge in [0, 0.05) is 84.9 Å². The minimum atomic E-state index is -1.17. The van der Waals surface area contributed by atoms with Gasteiger partial charge < -0.3 is 39.1 Å². The summed E-state index contributed by atoms with van der Waals surface area (Å²) >= 11 is 3.73. The van der Waals surface area contributed by atoms with Crippen LogP contribution in [0.25, 0.3) is 22.5 Å². The minimum absolute atomic E-state index is 0.0707. The number of ether oxygens (including phenoxy) is 4. The maximum absolute atomic E-state index is 11.7. The molecule has 7 aromatic rings. The lowest BCUT2D eigenvalue weighted by Gasteiger charge is -2.32. The van der Waals surface area contributed by atoms with Crippen LogP contribution in [0.1, 0.15) is 90.6 Å². The van der Waals surface area contributed by atoms with Crippen molar-refractivity contribution in [2.45, 2.75) is 52.7 Å². The van der Waals surface area contributed by atoms with Gasteiger partial charge in [-0.25, -0.2) is 24.0 Å². The Morgan fingerprint density at radius 3 is 1.20 bits per heavy atom. The molecule has 27 nitrogen and oxygen atoms in total. The Balaban J connectivity index is 0.000000236. The van der Waals surface area contributed by atoms with Gasteiger partial charge in [-0.05, 0) is 158 Å². The van der Waals surface area contributed by atoms with Crippen LogP contribution < -0.4 is 11.2 Å². The third-order valence-electron chi connectivity index (χ3n) is 12.3. The molecule has 0 radical (unpaired) electrons. The standard InChI is InChI=1S/C14H18BNO6.C14H12N2O4.C14H14N2O2.C8H6INO4.C7H4INO4/c1-13(2)14(3,4)22-15(21-13)10-6-9(12(17)20-5)7-11(8-10)16(18)19;1-9-3-4-13(15-8-9)10-5-11(14(17)20-2)7-12(6-10)16(18)19;1-9-3-4-13(16-8-9)10-5-11(14(17)18-2)7-12(15)6-10;1-14-8(11)5-2-6(9)4-7(3-5)10(12)13;8-5-1-4(7(10)11)2-6(3-5)9(12)13/h6-8H,1-5H3;3-8H,1-2H3;3-8H,15H2,1-2H3;2-4H,1H3;1-3H,(H,10,11). The number of hydrogen-bond donors (Lipinski definition) is 2. The smallest absolute Gasteiger partial charge is 0.478 e. The third kappa shape index (κ3) is 20.1. The number of methoxy groups -OCH3 is 4. The molecule has 2 aromatic heterocycles. The van der Waals surface area contributed by atoms with Crippen LogP contribution in [0, 0.1) is 61.4 Å². The number of carbonyl (C=O) groups is 5. The predicted octanol–water partition coefficient (Wildman–Crippen LogP) is 10.7. The number of aryl methyl sites for hydroxylation is 2. The average Bonchev–Trinajstić information content (AvgIpc) is 2.29. The number of carboxylic acid groups (broad SMARTS) is 1. The van der Waals surface area contributed by atoms with E-state index in [4.69, 9.17) is 20.1 Å². The van der Waals surface area contributed by atoms with Gasteiger partial charge in [0.25, 0.3) is 22.7 Å². The van der Waals surface area contributed by atoms with E-state index < -0.39 is 67.9 Å². The number of aromatic carboxylic acids is 1. The minimum Gasteiger partial charge on any atom is -0.478 e. The van der Waals surface area contributed by atoms with E-state index in [0.717, 1.165) is 28.5 Å². The molecule has 3 heterocycles. The van der Waals surface area contributed by atoms with E-state index in [-0.39, 0.29) is 45.0 Å². The molecular formula is C57H54BI2N7O20. The molecule has 87 heavy (non-hydrogen) atoms. The summed E-state index contributed by atoms with van der Waals surface area (Å²) in [5, 5.41) is 51.4. The number of rotatable bonds is 12. The molecule has 0 bridgehead atoms. The largest absolute Gasteiger partial charge is 0.495 e. The van der Waals surface area contributed by atoms with E-state index in [1.807, 2.05) is 105 Å². The Morgan fingerprint density at radius 2 is 0.828 bits per heavy atom. The SMILES string of the molecule is COC(=O)c1cc(-c2ccc(C)cn2)cc([N+](=O)[O-])c1.COC(=O)c1cc(B2OC(C)(C)C(C)(C)O2)cc([N+](=O)[O-])c1.COC(=O)c1cc(I)cc([N+](=O)[O-])c1.COC(=O)c1cc(N)cc(-c2ccc(C)cn2)c1.O=C(O)c1cc(I)cc([N+](=O)[O-])c1. The fourth-order valence-corrected chi connectivity index (χ4v) is 8.53. The molecule has 0 unspecified atom stereocenters. The number of hydrogen-bond acceptors (Lipinski definition) is 22. The molecule has 1 fully saturated rings. The van der Waals surface area contributed by atoms with Gasteiger partial charge in [0.1, 0.15) is 0 Å². The molecule has 1 aliphatic heterocycles. The number of nitrogens with zero attached hydrogens (tertiary/aromatic N) is 6. The first-order valence-corrected chi connectivity index (χ1v) is 27.1. The van der Waals surface area contributed by atoms with E-state index in [9.17, 15) is 64.4 Å². The fourth-order valence-electron chi connectivity index (χ4n) is 7.22. The Labute approximate surface area is 523 Å². The number of nitro groups is 4. The number of halogens is 2. The number of pyridine rings is 2. The Morgan fingerprint density at radius 1 is 0.494 bits per heavy atom. The van der Waals surface area contributed by atoms with Crippen LogP contribution in [0.3, 0.4) is 0 Å². The third-order valence-corrected chi connectivity index (χ3v) is 13.5. The molecule has 30 heteroatoms. The zero-order valence-corrected chi connectivity index (χ0v) is 52.2. The van der Waals surface area contributed by atoms with Crippen LogP contribution in [0.2, 0.25) is 0 Å². The van der Waals surface area contributed by atoms with Gasteiger partial charge in [0.15, 0.2) is 0 Å². The van der Waals surface area contributed by atoms with Crippen LogP contribution in [0.5, 0.6) is 0 Å². The highest BCUT2D eigenvalue weighted by molar-refractivity contribution is 14.1. The Bertz CT molecular complexity index is 3710. The Hall–Kier alpha value is -9.41. The van der Waals surface area contributed by atoms with E-state index in [2.05, 4.69) is 28.9 Å². The van der Waals surface area contributed by atoms with E-state index in [0.29, 0.717) is 35.1 Å². The number of nitrogen functional groups attached to an aromatic ring is 1. The van der Waals surface area contributed by atoms with Gasteiger partial charge in [-0.1, -0.05) is 12.1 Å². The van der Waals surface area contributed by atoms with Crippen molar-refractivity contribution in [1.29, 1.82) is 0 Å². The molecule has 0 aliphatic carbocycles. The van der Waals surface area contributed by atoms with Crippen LogP contribution >= 0.6 is 45.2 Å². The maximum atomic E-state index is 11.7. The number of nitro benzene ring substituents is 4. The molecule has 8 rings (SSSR count). The van der Waals surface area contributed by atoms with Gasteiger partial charge in [0.05, 0.1) is 98.5 Å². The highest BCUT2D eigenvalue weighted by Crippen LogP contribution is 2.37. The Kier molecular flexibility index (Phi) is 25.1. The molecule has 0 spiro atoms. The molecule has 454 valence electrons. The van der Waals surface area contributed by atoms with Crippen molar-refractivity contribution in [3.63, 3.8) is 0 Å². The van der Waals surface area contributed by atoms with E-state index in [1.165, 1.54) is 95.2 Å². The quantitative estimate of drug-likeness (QED) is 0.0218. The number of carboxylic acids is 1. The second-order valence-electron chi connectivity index (χ2n) is 19.2. The molecule has 1 aliphatic rings. The van der Waals surface area contributed by atoms with Crippen LogP contribution in [0.15, 0.2) is 128 Å². The summed E-state index contributed by atoms with van der Waals surface area (Å²) in [6.07, 6.45) is 3.43. The molecule has 0 amide bonds. The number of non-ortho nitro benzene ring substituents is 4. The van der Waals surface area contributed by atoms with Crippen molar-refractivity contribution in [3.8, 4) is 22.5 Å². The first-order chi connectivity index (χ1) is 40.7. The summed E-state index contributed by atoms with van der Waals surface area (Å²) in [6.45, 7) is 11.4. The van der Waals surface area contributed by atoms with Gasteiger partial charge >= 0.3 is 37.0 Å². The van der Waals surface area contributed by atoms with Crippen LogP contribution in [-0.2, 0) is 28.3 Å². The lowest BCUT2D eigenvalue weighted by Crippen LogP contribution is -2.41. The highest BCUT2D eigenvalue weighted by Gasteiger charge is 2.52. The van der Waals surface area contributed by atoms with Gasteiger partial charge in [0.2, 0.25) is 0 Å². The zero-order chi connectivity index (χ0) is 65.2. The summed E-state index contributed by atoms with van der Waals surface area (Å²) in [6, 6.07) is 28.4. The molecule has 0 atom stereocenters. The molecule has 0 saturated carbocycles. The first-order valence-electron chi connectivity index (χ1n) is 24.9. The van der Waals surface area contributed by atoms with E-state index in [1.54, 1.807) is 36.7 Å². The topological polar surface area (TPSA) is 385 Å². The second-order valence-corrected chi connectivity index (χ2v) is 21.6. The van der Waals surface area contributed by atoms with Gasteiger partial charge in [-0.2, -0.15) is 0 Å². The first kappa shape index (κ1) is 70.1. The molecule has 1 saturated heterocycles. The van der Waals surface area contributed by atoms with Crippen molar-refractivity contribution in [2.75, 3.05) is 34.2 Å². The van der Waals surface area contributed by atoms with Gasteiger partial charge in [-0.3, -0.25) is 50.4 Å². The van der Waals surface area contributed by atoms with Crippen molar-refractivity contribution in [3.05, 3.63) is 214 Å². The van der Waals surface area contributed by atoms with Crippen molar-refractivity contribution >= 4 is 116 Å². The van der Waals surface area contributed by atoms with Crippen molar-refractivity contribution in [2.24, 2.45) is 0 Å². The van der Waals surface area contributed by atoms with Crippen LogP contribution in [0.4, 0.5) is 28.4 Å². The highest BCUT2D eigenvalue weighted by atomic mass is 127. The summed E-state index contributed by atoms with van der Waals surface area (Å²) in [5.74, 6) is -3.42.